The van der Waals surface area contributed by atoms with Gasteiger partial charge < -0.3 is 4.74 Å². The van der Waals surface area contributed by atoms with Crippen LogP contribution in [0.2, 0.25) is 0 Å². The lowest BCUT2D eigenvalue weighted by Crippen LogP contribution is -2.03. The van der Waals surface area contributed by atoms with E-state index in [4.69, 9.17) is 4.74 Å². The first-order valence-electron chi connectivity index (χ1n) is 5.20. The van der Waals surface area contributed by atoms with Gasteiger partial charge in [0.2, 0.25) is 0 Å². The second-order valence-corrected chi connectivity index (χ2v) is 3.30. The zero-order valence-electron chi connectivity index (χ0n) is 9.33. The number of aromatic nitrogens is 3. The number of hydrogen-bond acceptors (Lipinski definition) is 5. The van der Waals surface area contributed by atoms with Gasteiger partial charge in [-0.25, -0.2) is 0 Å². The Morgan fingerprint density at radius 1 is 1.24 bits per heavy atom. The van der Waals surface area contributed by atoms with Crippen molar-refractivity contribution in [1.29, 1.82) is 0 Å². The highest BCUT2D eigenvalue weighted by Gasteiger charge is 2.10. The average molecular weight is 229 g/mol. The lowest BCUT2D eigenvalue weighted by atomic mass is 10.1. The summed E-state index contributed by atoms with van der Waals surface area (Å²) >= 11 is 0. The summed E-state index contributed by atoms with van der Waals surface area (Å²) in [6.45, 7) is 2.41. The summed E-state index contributed by atoms with van der Waals surface area (Å²) in [5.41, 5.74) is 0.958. The molecule has 5 heteroatoms. The fourth-order valence-electron chi connectivity index (χ4n) is 1.38. The Labute approximate surface area is 98.5 Å². The zero-order chi connectivity index (χ0) is 12.1. The van der Waals surface area contributed by atoms with Crippen LogP contribution in [-0.2, 0) is 0 Å². The van der Waals surface area contributed by atoms with Crippen LogP contribution >= 0.6 is 0 Å². The van der Waals surface area contributed by atoms with Crippen LogP contribution in [0.3, 0.4) is 0 Å². The molecule has 0 bridgehead atoms. The molecule has 0 amide bonds. The number of ketones is 1. The third-order valence-electron chi connectivity index (χ3n) is 2.13. The van der Waals surface area contributed by atoms with Crippen LogP contribution in [0.15, 0.2) is 36.9 Å². The van der Waals surface area contributed by atoms with Gasteiger partial charge in [0.15, 0.2) is 5.78 Å². The molecule has 5 nitrogen and oxygen atoms in total. The maximum absolute atomic E-state index is 12.0. The molecule has 0 unspecified atom stereocenters. The van der Waals surface area contributed by atoms with E-state index in [1.54, 1.807) is 18.3 Å². The van der Waals surface area contributed by atoms with Gasteiger partial charge in [-0.15, -0.1) is 0 Å². The molecule has 0 aliphatic rings. The van der Waals surface area contributed by atoms with Crippen molar-refractivity contribution < 1.29 is 9.53 Å². The number of rotatable bonds is 4. The van der Waals surface area contributed by atoms with Crippen molar-refractivity contribution in [2.45, 2.75) is 6.92 Å². The van der Waals surface area contributed by atoms with E-state index < -0.39 is 0 Å². The van der Waals surface area contributed by atoms with Gasteiger partial charge in [-0.1, -0.05) is 0 Å². The summed E-state index contributed by atoms with van der Waals surface area (Å²) in [6.07, 6.45) is 5.99. The topological polar surface area (TPSA) is 65.0 Å². The van der Waals surface area contributed by atoms with Crippen molar-refractivity contribution in [2.75, 3.05) is 6.61 Å². The van der Waals surface area contributed by atoms with Crippen LogP contribution in [0.25, 0.3) is 0 Å². The Morgan fingerprint density at radius 3 is 2.82 bits per heavy atom. The van der Waals surface area contributed by atoms with Gasteiger partial charge in [0, 0.05) is 17.3 Å². The van der Waals surface area contributed by atoms with E-state index in [0.717, 1.165) is 0 Å². The maximum Gasteiger partial charge on any atom is 0.196 e. The standard InChI is InChI=1S/C12H11N3O2/c1-2-17-11-5-10(6-13-8-11)12(16)9-3-4-14-15-7-9/h3-8H,2H2,1H3. The van der Waals surface area contributed by atoms with Gasteiger partial charge in [-0.05, 0) is 19.1 Å². The molecule has 0 aliphatic carbocycles. The van der Waals surface area contributed by atoms with Crippen molar-refractivity contribution >= 4 is 5.78 Å². The first-order valence-corrected chi connectivity index (χ1v) is 5.20. The molecule has 0 aliphatic heterocycles. The Hall–Kier alpha value is -2.30. The number of ether oxygens (including phenoxy) is 1. The fourth-order valence-corrected chi connectivity index (χ4v) is 1.38. The molecule has 86 valence electrons. The van der Waals surface area contributed by atoms with Crippen LogP contribution < -0.4 is 4.74 Å². The maximum atomic E-state index is 12.0. The van der Waals surface area contributed by atoms with Crippen LogP contribution in [0, 0.1) is 0 Å². The Bertz CT molecular complexity index is 514. The molecule has 0 aromatic carbocycles. The molecular formula is C12H11N3O2. The Balaban J connectivity index is 2.28. The summed E-state index contributed by atoms with van der Waals surface area (Å²) in [5, 5.41) is 7.29. The second kappa shape index (κ2) is 5.16. The van der Waals surface area contributed by atoms with E-state index in [2.05, 4.69) is 15.2 Å². The first kappa shape index (κ1) is 11.2. The average Bonchev–Trinajstić information content (AvgIpc) is 2.40. The van der Waals surface area contributed by atoms with E-state index in [-0.39, 0.29) is 5.78 Å². The SMILES string of the molecule is CCOc1cncc(C(=O)c2ccnnc2)c1. The lowest BCUT2D eigenvalue weighted by Gasteiger charge is -2.04. The van der Waals surface area contributed by atoms with Gasteiger partial charge in [-0.3, -0.25) is 9.78 Å². The number of carbonyl (C=O) groups is 1. The number of hydrogen-bond donors (Lipinski definition) is 0. The fraction of sp³-hybridized carbons (Fsp3) is 0.167. The van der Waals surface area contributed by atoms with Gasteiger partial charge >= 0.3 is 0 Å². The minimum atomic E-state index is -0.144. The number of carbonyl (C=O) groups excluding carboxylic acids is 1. The predicted octanol–water partition coefficient (Wildman–Crippen LogP) is 1.50. The molecule has 17 heavy (non-hydrogen) atoms. The number of pyridine rings is 1. The van der Waals surface area contributed by atoms with Gasteiger partial charge in [-0.2, -0.15) is 10.2 Å². The van der Waals surface area contributed by atoms with Gasteiger partial charge in [0.1, 0.15) is 5.75 Å². The van der Waals surface area contributed by atoms with Crippen molar-refractivity contribution in [3.8, 4) is 5.75 Å². The van der Waals surface area contributed by atoms with Crippen LogP contribution in [0.1, 0.15) is 22.8 Å². The summed E-state index contributed by atoms with van der Waals surface area (Å²) in [7, 11) is 0. The van der Waals surface area contributed by atoms with Crippen molar-refractivity contribution in [2.24, 2.45) is 0 Å². The quantitative estimate of drug-likeness (QED) is 0.743. The third-order valence-corrected chi connectivity index (χ3v) is 2.13. The monoisotopic (exact) mass is 229 g/mol. The van der Waals surface area contributed by atoms with Crippen LogP contribution in [0.4, 0.5) is 0 Å². The van der Waals surface area contributed by atoms with Crippen LogP contribution in [-0.4, -0.2) is 27.6 Å². The Morgan fingerprint density at radius 2 is 2.12 bits per heavy atom. The van der Waals surface area contributed by atoms with Crippen molar-refractivity contribution in [3.05, 3.63) is 48.0 Å². The highest BCUT2D eigenvalue weighted by atomic mass is 16.5. The Kier molecular flexibility index (Phi) is 3.40. The summed E-state index contributed by atoms with van der Waals surface area (Å²) < 4.78 is 5.29. The van der Waals surface area contributed by atoms with Crippen molar-refractivity contribution in [3.63, 3.8) is 0 Å². The molecule has 2 aromatic heterocycles. The molecule has 0 spiro atoms. The zero-order valence-corrected chi connectivity index (χ0v) is 9.33. The highest BCUT2D eigenvalue weighted by Crippen LogP contribution is 2.14. The first-order chi connectivity index (χ1) is 8.31. The molecule has 2 heterocycles. The largest absolute Gasteiger partial charge is 0.492 e. The molecule has 0 N–H and O–H groups in total. The smallest absolute Gasteiger partial charge is 0.196 e. The molecule has 0 atom stereocenters. The van der Waals surface area contributed by atoms with Gasteiger partial charge in [0.05, 0.1) is 25.2 Å². The minimum absolute atomic E-state index is 0.144. The number of nitrogens with zero attached hydrogens (tertiary/aromatic N) is 3. The summed E-state index contributed by atoms with van der Waals surface area (Å²) in [4.78, 5) is 16.0. The molecule has 0 radical (unpaired) electrons. The normalized spacial score (nSPS) is 9.94. The third kappa shape index (κ3) is 2.63. The molecule has 0 fully saturated rings. The highest BCUT2D eigenvalue weighted by molar-refractivity contribution is 6.08. The predicted molar refractivity (Wildman–Crippen MR) is 60.9 cm³/mol. The molecule has 0 saturated carbocycles. The van der Waals surface area contributed by atoms with Crippen molar-refractivity contribution in [1.82, 2.24) is 15.2 Å². The van der Waals surface area contributed by atoms with E-state index in [0.29, 0.717) is 23.5 Å². The van der Waals surface area contributed by atoms with Gasteiger partial charge in [0.25, 0.3) is 0 Å². The van der Waals surface area contributed by atoms with E-state index in [9.17, 15) is 4.79 Å². The summed E-state index contributed by atoms with van der Waals surface area (Å²) in [6, 6.07) is 3.28. The van der Waals surface area contributed by atoms with Crippen LogP contribution in [0.5, 0.6) is 5.75 Å². The van der Waals surface area contributed by atoms with E-state index in [1.165, 1.54) is 18.6 Å². The molecule has 0 saturated heterocycles. The second-order valence-electron chi connectivity index (χ2n) is 3.30. The van der Waals surface area contributed by atoms with E-state index in [1.807, 2.05) is 6.92 Å². The molecule has 2 rings (SSSR count). The molecule has 2 aromatic rings. The minimum Gasteiger partial charge on any atom is -0.492 e. The summed E-state index contributed by atoms with van der Waals surface area (Å²) in [5.74, 6) is 0.439. The lowest BCUT2D eigenvalue weighted by molar-refractivity contribution is 0.103. The molecular weight excluding hydrogens is 218 g/mol. The van der Waals surface area contributed by atoms with E-state index >= 15 is 0 Å².